The van der Waals surface area contributed by atoms with Gasteiger partial charge in [0.05, 0.1) is 32.3 Å². The third-order valence-corrected chi connectivity index (χ3v) is 10.0. The maximum absolute atomic E-state index is 14.5. The van der Waals surface area contributed by atoms with E-state index in [2.05, 4.69) is 22.0 Å². The zero-order chi connectivity index (χ0) is 37.1. The molecule has 3 aliphatic rings. The zero-order valence-corrected chi connectivity index (χ0v) is 30.9. The van der Waals surface area contributed by atoms with Gasteiger partial charge in [-0.1, -0.05) is 24.3 Å². The van der Waals surface area contributed by atoms with Gasteiger partial charge >= 0.3 is 12.1 Å². The van der Waals surface area contributed by atoms with E-state index in [-0.39, 0.29) is 55.6 Å². The fourth-order valence-corrected chi connectivity index (χ4v) is 7.15. The molecule has 4 atom stereocenters. The topological polar surface area (TPSA) is 121 Å². The summed E-state index contributed by atoms with van der Waals surface area (Å²) in [5, 5.41) is 2.69. The van der Waals surface area contributed by atoms with Gasteiger partial charge in [-0.3, -0.25) is 24.2 Å². The Bertz CT molecular complexity index is 1600. The summed E-state index contributed by atoms with van der Waals surface area (Å²) in [5.74, 6) is -1.47. The summed E-state index contributed by atoms with van der Waals surface area (Å²) in [4.78, 5) is 61.3. The van der Waals surface area contributed by atoms with Crippen LogP contribution in [0.15, 0.2) is 42.5 Å². The molecule has 2 saturated heterocycles. The molecule has 0 spiro atoms. The first-order chi connectivity index (χ1) is 24.1. The van der Waals surface area contributed by atoms with Crippen molar-refractivity contribution in [1.82, 2.24) is 20.0 Å². The van der Waals surface area contributed by atoms with E-state index in [0.29, 0.717) is 50.5 Å². The second-order valence-electron chi connectivity index (χ2n) is 15.2. The normalized spacial score (nSPS) is 24.2. The molecular weight excluding hydrogens is 657 g/mol. The highest BCUT2D eigenvalue weighted by Crippen LogP contribution is 2.42. The van der Waals surface area contributed by atoms with Crippen molar-refractivity contribution < 1.29 is 37.8 Å². The lowest BCUT2D eigenvalue weighted by Crippen LogP contribution is -2.64. The van der Waals surface area contributed by atoms with E-state index in [4.69, 9.17) is 14.2 Å². The number of esters is 1. The van der Waals surface area contributed by atoms with Crippen LogP contribution in [0.5, 0.6) is 0 Å². The first-order valence-corrected chi connectivity index (χ1v) is 17.7. The minimum atomic E-state index is -1.14. The summed E-state index contributed by atoms with van der Waals surface area (Å²) >= 11 is 0. The second kappa shape index (κ2) is 15.7. The van der Waals surface area contributed by atoms with Crippen molar-refractivity contribution in [2.24, 2.45) is 0 Å². The standard InChI is InChI=1S/C38H52FN5O7/c1-25-19-42(30(20-41-14-15-50-23-26(41)2)21-43(25)36(48)51-37(3,4)5)22-33(45)44-24-38(6,35(47)40-18-34(46)49-7)31-13-10-28(17-32(31)44)16-27-8-11-29(39)12-9-27/h8-13,17,25-26,30H,14-16,18-24H2,1-7H3,(H,40,47)/t25-,26+,30-,38-/m0/s1. The first kappa shape index (κ1) is 38.2. The van der Waals surface area contributed by atoms with Crippen LogP contribution in [-0.4, -0.2) is 128 Å². The number of fused-ring (bicyclic) bond motifs is 1. The van der Waals surface area contributed by atoms with Gasteiger partial charge in [-0.25, -0.2) is 9.18 Å². The van der Waals surface area contributed by atoms with Gasteiger partial charge in [-0.15, -0.1) is 0 Å². The van der Waals surface area contributed by atoms with Crippen LogP contribution in [0.1, 0.15) is 58.2 Å². The molecule has 0 bridgehead atoms. The molecular formula is C38H52FN5O7. The van der Waals surface area contributed by atoms with Crippen molar-refractivity contribution in [3.63, 3.8) is 0 Å². The average Bonchev–Trinajstić information content (AvgIpc) is 3.38. The Hall–Kier alpha value is -4.07. The van der Waals surface area contributed by atoms with Gasteiger partial charge in [0.2, 0.25) is 11.8 Å². The van der Waals surface area contributed by atoms with Gasteiger partial charge in [0, 0.05) is 56.5 Å². The first-order valence-electron chi connectivity index (χ1n) is 17.7. The van der Waals surface area contributed by atoms with Crippen molar-refractivity contribution >= 4 is 29.6 Å². The molecule has 278 valence electrons. The number of morpholine rings is 1. The molecule has 0 saturated carbocycles. The lowest BCUT2D eigenvalue weighted by atomic mass is 9.83. The lowest BCUT2D eigenvalue weighted by Gasteiger charge is -2.47. The van der Waals surface area contributed by atoms with E-state index in [1.54, 1.807) is 28.9 Å². The van der Waals surface area contributed by atoms with Crippen LogP contribution in [0.2, 0.25) is 0 Å². The van der Waals surface area contributed by atoms with Crippen molar-refractivity contribution in [1.29, 1.82) is 0 Å². The summed E-state index contributed by atoms with van der Waals surface area (Å²) < 4.78 is 29.8. The molecule has 2 aromatic rings. The summed E-state index contributed by atoms with van der Waals surface area (Å²) in [5.41, 5.74) is 1.31. The molecule has 2 aromatic carbocycles. The highest BCUT2D eigenvalue weighted by atomic mass is 19.1. The number of nitrogens with one attached hydrogen (secondary N) is 1. The number of methoxy groups -OCH3 is 1. The number of amides is 3. The quantitative estimate of drug-likeness (QED) is 0.391. The maximum atomic E-state index is 14.5. The Balaban J connectivity index is 1.43. The van der Waals surface area contributed by atoms with Gasteiger partial charge in [-0.05, 0) is 82.9 Å². The maximum Gasteiger partial charge on any atom is 0.410 e. The van der Waals surface area contributed by atoms with E-state index < -0.39 is 22.9 Å². The van der Waals surface area contributed by atoms with E-state index in [9.17, 15) is 23.6 Å². The number of carbonyl (C=O) groups is 4. The van der Waals surface area contributed by atoms with Crippen LogP contribution < -0.4 is 10.2 Å². The smallest absolute Gasteiger partial charge is 0.410 e. The van der Waals surface area contributed by atoms with Crippen molar-refractivity contribution in [2.45, 2.75) is 77.1 Å². The number of anilines is 1. The molecule has 13 heteroatoms. The van der Waals surface area contributed by atoms with Crippen LogP contribution >= 0.6 is 0 Å². The Morgan fingerprint density at radius 3 is 2.37 bits per heavy atom. The van der Waals surface area contributed by atoms with E-state index in [1.165, 1.54) is 19.2 Å². The van der Waals surface area contributed by atoms with Crippen molar-refractivity contribution in [2.75, 3.05) is 71.0 Å². The summed E-state index contributed by atoms with van der Waals surface area (Å²) in [7, 11) is 1.26. The van der Waals surface area contributed by atoms with Crippen molar-refractivity contribution in [3.05, 3.63) is 65.0 Å². The molecule has 0 aliphatic carbocycles. The number of hydrogen-bond donors (Lipinski definition) is 1. The Labute approximate surface area is 300 Å². The highest BCUT2D eigenvalue weighted by molar-refractivity contribution is 6.03. The van der Waals surface area contributed by atoms with Gasteiger partial charge < -0.3 is 29.3 Å². The van der Waals surface area contributed by atoms with Crippen LogP contribution in [0.3, 0.4) is 0 Å². The van der Waals surface area contributed by atoms with Gasteiger partial charge in [0.15, 0.2) is 0 Å². The lowest BCUT2D eigenvalue weighted by molar-refractivity contribution is -0.141. The third-order valence-electron chi connectivity index (χ3n) is 10.0. The fourth-order valence-electron chi connectivity index (χ4n) is 7.15. The summed E-state index contributed by atoms with van der Waals surface area (Å²) in [6.45, 7) is 14.7. The number of carbonyl (C=O) groups excluding carboxylic acids is 4. The minimum Gasteiger partial charge on any atom is -0.468 e. The van der Waals surface area contributed by atoms with E-state index in [1.807, 2.05) is 45.9 Å². The number of piperazine rings is 1. The fraction of sp³-hybridized carbons (Fsp3) is 0.579. The monoisotopic (exact) mass is 709 g/mol. The Kier molecular flexibility index (Phi) is 11.7. The number of hydrogen-bond acceptors (Lipinski definition) is 9. The molecule has 12 nitrogen and oxygen atoms in total. The van der Waals surface area contributed by atoms with Crippen LogP contribution in [0.25, 0.3) is 0 Å². The average molecular weight is 710 g/mol. The van der Waals surface area contributed by atoms with Crippen LogP contribution in [-0.2, 0) is 40.4 Å². The van der Waals surface area contributed by atoms with E-state index in [0.717, 1.165) is 17.7 Å². The second-order valence-corrected chi connectivity index (χ2v) is 15.2. The SMILES string of the molecule is COC(=O)CNC(=O)[C@@]1(C)CN(C(=O)CN2C[C@H](C)N(C(=O)OC(C)(C)C)C[C@@H]2CN2CCOC[C@H]2C)c2cc(Cc3ccc(F)cc3)ccc21. The van der Waals surface area contributed by atoms with Crippen LogP contribution in [0.4, 0.5) is 14.9 Å². The predicted octanol–water partition coefficient (Wildman–Crippen LogP) is 3.34. The highest BCUT2D eigenvalue weighted by Gasteiger charge is 2.48. The molecule has 2 fully saturated rings. The Morgan fingerprint density at radius 2 is 1.71 bits per heavy atom. The van der Waals surface area contributed by atoms with Gasteiger partial charge in [-0.2, -0.15) is 0 Å². The summed E-state index contributed by atoms with van der Waals surface area (Å²) in [6, 6.07) is 11.8. The molecule has 0 unspecified atom stereocenters. The Morgan fingerprint density at radius 1 is 1.00 bits per heavy atom. The number of ether oxygens (including phenoxy) is 3. The molecule has 3 aliphatic heterocycles. The molecule has 1 N–H and O–H groups in total. The molecule has 5 rings (SSSR count). The van der Waals surface area contributed by atoms with Gasteiger partial charge in [0.25, 0.3) is 0 Å². The largest absolute Gasteiger partial charge is 0.468 e. The number of rotatable bonds is 9. The third kappa shape index (κ3) is 9.06. The molecule has 51 heavy (non-hydrogen) atoms. The predicted molar refractivity (Wildman–Crippen MR) is 190 cm³/mol. The van der Waals surface area contributed by atoms with Crippen LogP contribution in [0, 0.1) is 5.82 Å². The number of halogens is 1. The molecule has 0 radical (unpaired) electrons. The molecule has 0 aromatic heterocycles. The minimum absolute atomic E-state index is 0.0668. The summed E-state index contributed by atoms with van der Waals surface area (Å²) in [6.07, 6.45) is 0.127. The number of benzene rings is 2. The van der Waals surface area contributed by atoms with E-state index >= 15 is 0 Å². The van der Waals surface area contributed by atoms with Gasteiger partial charge in [0.1, 0.15) is 18.0 Å². The molecule has 3 heterocycles. The molecule has 3 amide bonds. The zero-order valence-electron chi connectivity index (χ0n) is 30.9. The van der Waals surface area contributed by atoms with Crippen molar-refractivity contribution in [3.8, 4) is 0 Å². The number of nitrogens with zero attached hydrogens (tertiary/aromatic N) is 4.